The molecule has 0 unspecified atom stereocenters. The molecule has 1 aromatic heterocycles. The topological polar surface area (TPSA) is 75.4 Å². The highest BCUT2D eigenvalue weighted by molar-refractivity contribution is 5.85. The Morgan fingerprint density at radius 1 is 1.67 bits per heavy atom. The smallest absolute Gasteiger partial charge is 0.357 e. The van der Waals surface area contributed by atoms with Crippen molar-refractivity contribution in [2.45, 2.75) is 25.7 Å². The van der Waals surface area contributed by atoms with Crippen molar-refractivity contribution in [2.24, 2.45) is 5.92 Å². The average molecular weight is 210 g/mol. The number of carboxylic acids is 1. The summed E-state index contributed by atoms with van der Waals surface area (Å²) in [6.45, 7) is 0.796. The summed E-state index contributed by atoms with van der Waals surface area (Å²) in [5.74, 6) is -0.239. The fourth-order valence-electron chi connectivity index (χ4n) is 1.62. The van der Waals surface area contributed by atoms with Gasteiger partial charge in [-0.2, -0.15) is 4.98 Å². The van der Waals surface area contributed by atoms with Crippen LogP contribution in [0.3, 0.4) is 0 Å². The van der Waals surface area contributed by atoms with E-state index < -0.39 is 5.97 Å². The number of anilines is 1. The van der Waals surface area contributed by atoms with Gasteiger partial charge in [-0.1, -0.05) is 19.3 Å². The molecular weight excluding hydrogens is 196 g/mol. The molecule has 15 heavy (non-hydrogen) atoms. The summed E-state index contributed by atoms with van der Waals surface area (Å²) < 4.78 is 4.96. The summed E-state index contributed by atoms with van der Waals surface area (Å²) in [6.07, 6.45) is 6.22. The van der Waals surface area contributed by atoms with Crippen LogP contribution in [0.2, 0.25) is 0 Å². The largest absolute Gasteiger partial charge is 0.476 e. The van der Waals surface area contributed by atoms with E-state index in [9.17, 15) is 4.79 Å². The quantitative estimate of drug-likeness (QED) is 0.777. The Labute approximate surface area is 87.5 Å². The first-order valence-electron chi connectivity index (χ1n) is 5.18. The summed E-state index contributed by atoms with van der Waals surface area (Å²) in [7, 11) is 0. The van der Waals surface area contributed by atoms with Crippen LogP contribution in [-0.2, 0) is 0 Å². The van der Waals surface area contributed by atoms with Crippen molar-refractivity contribution in [3.05, 3.63) is 12.0 Å². The first-order chi connectivity index (χ1) is 7.25. The minimum absolute atomic E-state index is 0.0545. The SMILES string of the molecule is O=C(O)c1coc(NCCC2CCC2)n1. The van der Waals surface area contributed by atoms with Crippen molar-refractivity contribution in [3.8, 4) is 0 Å². The Balaban J connectivity index is 1.75. The standard InChI is InChI=1S/C10H14N2O3/c13-9(14)8-6-15-10(12-8)11-5-4-7-2-1-3-7/h6-7H,1-5H2,(H,11,12)(H,13,14). The van der Waals surface area contributed by atoms with Crippen molar-refractivity contribution in [2.75, 3.05) is 11.9 Å². The number of rotatable bonds is 5. The lowest BCUT2D eigenvalue weighted by atomic mass is 9.83. The van der Waals surface area contributed by atoms with Crippen LogP contribution in [-0.4, -0.2) is 22.6 Å². The second kappa shape index (κ2) is 4.33. The molecule has 1 heterocycles. The van der Waals surface area contributed by atoms with Gasteiger partial charge in [-0.3, -0.25) is 0 Å². The van der Waals surface area contributed by atoms with Crippen LogP contribution < -0.4 is 5.32 Å². The van der Waals surface area contributed by atoms with Gasteiger partial charge < -0.3 is 14.8 Å². The number of nitrogens with one attached hydrogen (secondary N) is 1. The highest BCUT2D eigenvalue weighted by Crippen LogP contribution is 2.29. The monoisotopic (exact) mass is 210 g/mol. The van der Waals surface area contributed by atoms with Gasteiger partial charge in [0, 0.05) is 6.54 Å². The molecule has 0 saturated heterocycles. The maximum absolute atomic E-state index is 10.5. The molecule has 1 fully saturated rings. The van der Waals surface area contributed by atoms with E-state index in [0.717, 1.165) is 25.1 Å². The molecule has 2 N–H and O–H groups in total. The number of nitrogens with zero attached hydrogens (tertiary/aromatic N) is 1. The molecule has 0 aliphatic heterocycles. The molecule has 1 aliphatic rings. The van der Waals surface area contributed by atoms with E-state index >= 15 is 0 Å². The van der Waals surface area contributed by atoms with E-state index in [-0.39, 0.29) is 5.69 Å². The van der Waals surface area contributed by atoms with Gasteiger partial charge in [-0.05, 0) is 12.3 Å². The van der Waals surface area contributed by atoms with E-state index in [1.807, 2.05) is 0 Å². The van der Waals surface area contributed by atoms with Gasteiger partial charge in [0.1, 0.15) is 6.26 Å². The predicted molar refractivity (Wildman–Crippen MR) is 53.9 cm³/mol. The summed E-state index contributed by atoms with van der Waals surface area (Å²) in [5.41, 5.74) is -0.0545. The van der Waals surface area contributed by atoms with E-state index in [1.54, 1.807) is 0 Å². The Bertz CT molecular complexity index is 344. The van der Waals surface area contributed by atoms with Crippen LogP contribution in [0.1, 0.15) is 36.2 Å². The van der Waals surface area contributed by atoms with Crippen molar-refractivity contribution in [1.82, 2.24) is 4.98 Å². The van der Waals surface area contributed by atoms with Crippen molar-refractivity contribution in [1.29, 1.82) is 0 Å². The van der Waals surface area contributed by atoms with Crippen LogP contribution >= 0.6 is 0 Å². The summed E-state index contributed by atoms with van der Waals surface area (Å²) in [5, 5.41) is 11.6. The van der Waals surface area contributed by atoms with Gasteiger partial charge >= 0.3 is 5.97 Å². The van der Waals surface area contributed by atoms with Crippen LogP contribution in [0.15, 0.2) is 10.7 Å². The molecule has 1 aromatic rings. The maximum atomic E-state index is 10.5. The lowest BCUT2D eigenvalue weighted by Crippen LogP contribution is -2.15. The van der Waals surface area contributed by atoms with Gasteiger partial charge in [-0.25, -0.2) is 4.79 Å². The zero-order valence-corrected chi connectivity index (χ0v) is 8.40. The van der Waals surface area contributed by atoms with Gasteiger partial charge in [0.05, 0.1) is 0 Å². The van der Waals surface area contributed by atoms with Crippen LogP contribution in [0.5, 0.6) is 0 Å². The van der Waals surface area contributed by atoms with Gasteiger partial charge in [0.2, 0.25) is 0 Å². The van der Waals surface area contributed by atoms with Crippen molar-refractivity contribution >= 4 is 12.0 Å². The number of oxazole rings is 1. The molecule has 0 bridgehead atoms. The van der Waals surface area contributed by atoms with Gasteiger partial charge in [0.25, 0.3) is 6.01 Å². The van der Waals surface area contributed by atoms with Crippen LogP contribution in [0, 0.1) is 5.92 Å². The molecule has 5 heteroatoms. The molecule has 1 saturated carbocycles. The number of hydrogen-bond acceptors (Lipinski definition) is 4. The third-order valence-corrected chi connectivity index (χ3v) is 2.78. The van der Waals surface area contributed by atoms with Gasteiger partial charge in [0.15, 0.2) is 5.69 Å². The highest BCUT2D eigenvalue weighted by atomic mass is 16.4. The third-order valence-electron chi connectivity index (χ3n) is 2.78. The zero-order valence-electron chi connectivity index (χ0n) is 8.40. The molecule has 82 valence electrons. The Morgan fingerprint density at radius 2 is 2.47 bits per heavy atom. The van der Waals surface area contributed by atoms with Gasteiger partial charge in [-0.15, -0.1) is 0 Å². The molecule has 0 radical (unpaired) electrons. The first kappa shape index (κ1) is 10.0. The molecule has 0 atom stereocenters. The highest BCUT2D eigenvalue weighted by Gasteiger charge is 2.17. The Hall–Kier alpha value is -1.52. The Kier molecular flexibility index (Phi) is 2.89. The first-order valence-corrected chi connectivity index (χ1v) is 5.18. The Morgan fingerprint density at radius 3 is 3.00 bits per heavy atom. The molecule has 2 rings (SSSR count). The molecular formula is C10H14N2O3. The zero-order chi connectivity index (χ0) is 10.7. The van der Waals surface area contributed by atoms with Crippen molar-refractivity contribution in [3.63, 3.8) is 0 Å². The van der Waals surface area contributed by atoms with E-state index in [0.29, 0.717) is 6.01 Å². The normalized spacial score (nSPS) is 16.0. The van der Waals surface area contributed by atoms with Crippen LogP contribution in [0.25, 0.3) is 0 Å². The molecule has 0 spiro atoms. The van der Waals surface area contributed by atoms with E-state index in [4.69, 9.17) is 9.52 Å². The molecule has 0 amide bonds. The summed E-state index contributed by atoms with van der Waals surface area (Å²) >= 11 is 0. The predicted octanol–water partition coefficient (Wildman–Crippen LogP) is 1.97. The second-order valence-corrected chi connectivity index (χ2v) is 3.86. The van der Waals surface area contributed by atoms with Crippen molar-refractivity contribution < 1.29 is 14.3 Å². The minimum Gasteiger partial charge on any atom is -0.476 e. The number of carboxylic acid groups (broad SMARTS) is 1. The fraction of sp³-hybridized carbons (Fsp3) is 0.600. The lowest BCUT2D eigenvalue weighted by molar-refractivity contribution is 0.0690. The summed E-state index contributed by atoms with van der Waals surface area (Å²) in [4.78, 5) is 14.3. The second-order valence-electron chi connectivity index (χ2n) is 3.86. The third kappa shape index (κ3) is 2.49. The fourth-order valence-corrected chi connectivity index (χ4v) is 1.62. The van der Waals surface area contributed by atoms with E-state index in [2.05, 4.69) is 10.3 Å². The summed E-state index contributed by atoms with van der Waals surface area (Å²) in [6, 6.07) is 0.298. The molecule has 0 aromatic carbocycles. The van der Waals surface area contributed by atoms with Crippen LogP contribution in [0.4, 0.5) is 6.01 Å². The average Bonchev–Trinajstić information content (AvgIpc) is 2.57. The minimum atomic E-state index is -1.06. The lowest BCUT2D eigenvalue weighted by Gasteiger charge is -2.24. The van der Waals surface area contributed by atoms with E-state index in [1.165, 1.54) is 19.3 Å². The maximum Gasteiger partial charge on any atom is 0.357 e. The number of hydrogen-bond donors (Lipinski definition) is 2. The molecule has 1 aliphatic carbocycles. The number of carbonyl (C=O) groups is 1. The molecule has 5 nitrogen and oxygen atoms in total. The number of aromatic carboxylic acids is 1. The number of aromatic nitrogens is 1.